The number of nitrogens with zero attached hydrogens (tertiary/aromatic N) is 4. The molecule has 1 fully saturated rings. The fourth-order valence-corrected chi connectivity index (χ4v) is 4.02. The second kappa shape index (κ2) is 7.02. The Balaban J connectivity index is 1.91. The molecule has 0 saturated carbocycles. The number of para-hydroxylation sites is 1. The molecule has 2 aromatic rings. The van der Waals surface area contributed by atoms with Gasteiger partial charge in [0.1, 0.15) is 0 Å². The normalized spacial score (nSPS) is 18.6. The lowest BCUT2D eigenvalue weighted by Gasteiger charge is -2.34. The highest BCUT2D eigenvalue weighted by molar-refractivity contribution is 7.92. The van der Waals surface area contributed by atoms with E-state index >= 15 is 0 Å². The third kappa shape index (κ3) is 3.73. The first-order valence-corrected chi connectivity index (χ1v) is 9.76. The first-order valence-electron chi connectivity index (χ1n) is 8.27. The van der Waals surface area contributed by atoms with Crippen molar-refractivity contribution in [2.24, 2.45) is 0 Å². The molecule has 3 rings (SSSR count). The number of sulfone groups is 1. The van der Waals surface area contributed by atoms with Gasteiger partial charge in [-0.3, -0.25) is 0 Å². The van der Waals surface area contributed by atoms with E-state index in [-0.39, 0.29) is 11.6 Å². The molecule has 0 bridgehead atoms. The summed E-state index contributed by atoms with van der Waals surface area (Å²) in [6.45, 7) is 0.731. The summed E-state index contributed by atoms with van der Waals surface area (Å²) in [5.41, 5.74) is -5.32. The van der Waals surface area contributed by atoms with Crippen LogP contribution in [0.1, 0.15) is 24.7 Å². The van der Waals surface area contributed by atoms with Gasteiger partial charge in [0.05, 0.1) is 16.5 Å². The molecule has 7 nitrogen and oxygen atoms in total. The lowest BCUT2D eigenvalue weighted by Crippen LogP contribution is -2.36. The number of hydrogen-bond acceptors (Lipinski definition) is 7. The van der Waals surface area contributed by atoms with Gasteiger partial charge in [-0.1, -0.05) is 12.1 Å². The SMILES string of the molecule is CN(C)c1noc(C2CCCN(c3ccccc3S(=O)(=O)C(F)(F)F)C2)n1. The molecule has 0 N–H and O–H groups in total. The topological polar surface area (TPSA) is 79.5 Å². The van der Waals surface area contributed by atoms with Gasteiger partial charge in [-0.05, 0) is 30.1 Å². The van der Waals surface area contributed by atoms with E-state index < -0.39 is 20.2 Å². The van der Waals surface area contributed by atoms with E-state index in [0.717, 1.165) is 12.5 Å². The van der Waals surface area contributed by atoms with E-state index in [4.69, 9.17) is 4.52 Å². The number of aromatic nitrogens is 2. The maximum Gasteiger partial charge on any atom is 0.501 e. The quantitative estimate of drug-likeness (QED) is 0.775. The van der Waals surface area contributed by atoms with Gasteiger partial charge in [0, 0.05) is 27.2 Å². The van der Waals surface area contributed by atoms with Gasteiger partial charge < -0.3 is 14.3 Å². The van der Waals surface area contributed by atoms with Crippen LogP contribution in [0.15, 0.2) is 33.7 Å². The fraction of sp³-hybridized carbons (Fsp3) is 0.500. The van der Waals surface area contributed by atoms with Crippen LogP contribution in [0.25, 0.3) is 0 Å². The number of alkyl halides is 3. The van der Waals surface area contributed by atoms with Gasteiger partial charge in [0.15, 0.2) is 0 Å². The van der Waals surface area contributed by atoms with Crippen LogP contribution in [-0.4, -0.2) is 51.3 Å². The number of piperidine rings is 1. The molecule has 1 saturated heterocycles. The standard InChI is InChI=1S/C16H19F3N4O3S/c1-22(2)15-20-14(26-21-15)11-6-5-9-23(10-11)12-7-3-4-8-13(12)27(24,25)16(17,18)19/h3-4,7-8,11H,5-6,9-10H2,1-2H3. The second-order valence-corrected chi connectivity index (χ2v) is 8.44. The van der Waals surface area contributed by atoms with Crippen LogP contribution in [0.5, 0.6) is 0 Å². The lowest BCUT2D eigenvalue weighted by molar-refractivity contribution is -0.0435. The first kappa shape index (κ1) is 19.5. The Morgan fingerprint density at radius 3 is 2.59 bits per heavy atom. The number of hydrogen-bond donors (Lipinski definition) is 0. The van der Waals surface area contributed by atoms with Crippen LogP contribution in [-0.2, 0) is 9.84 Å². The smallest absolute Gasteiger partial charge is 0.370 e. The van der Waals surface area contributed by atoms with Crippen molar-refractivity contribution < 1.29 is 26.1 Å². The molecule has 0 radical (unpaired) electrons. The average Bonchev–Trinajstić information content (AvgIpc) is 3.11. The van der Waals surface area contributed by atoms with E-state index in [9.17, 15) is 21.6 Å². The van der Waals surface area contributed by atoms with Crippen molar-refractivity contribution >= 4 is 21.5 Å². The summed E-state index contributed by atoms with van der Waals surface area (Å²) >= 11 is 0. The molecular formula is C16H19F3N4O3S. The Morgan fingerprint density at radius 1 is 1.26 bits per heavy atom. The van der Waals surface area contributed by atoms with Crippen molar-refractivity contribution in [3.8, 4) is 0 Å². The van der Waals surface area contributed by atoms with Gasteiger partial charge in [-0.25, -0.2) is 8.42 Å². The molecule has 11 heteroatoms. The minimum absolute atomic E-state index is 0.0341. The van der Waals surface area contributed by atoms with Crippen LogP contribution in [0.2, 0.25) is 0 Å². The van der Waals surface area contributed by atoms with Crippen molar-refractivity contribution in [3.63, 3.8) is 0 Å². The Kier molecular flexibility index (Phi) is 5.06. The minimum Gasteiger partial charge on any atom is -0.370 e. The van der Waals surface area contributed by atoms with Crippen molar-refractivity contribution in [2.75, 3.05) is 37.0 Å². The Morgan fingerprint density at radius 2 is 1.96 bits per heavy atom. The van der Waals surface area contributed by atoms with E-state index in [2.05, 4.69) is 10.1 Å². The highest BCUT2D eigenvalue weighted by Crippen LogP contribution is 2.38. The van der Waals surface area contributed by atoms with E-state index in [1.165, 1.54) is 18.2 Å². The minimum atomic E-state index is -5.45. The molecule has 0 spiro atoms. The molecule has 1 aromatic carbocycles. The molecule has 2 heterocycles. The molecule has 0 aliphatic carbocycles. The van der Waals surface area contributed by atoms with Gasteiger partial charge >= 0.3 is 5.51 Å². The molecule has 0 amide bonds. The first-order chi connectivity index (χ1) is 12.6. The molecule has 1 aliphatic heterocycles. The molecule has 148 valence electrons. The Hall–Kier alpha value is -2.30. The highest BCUT2D eigenvalue weighted by Gasteiger charge is 2.48. The van der Waals surface area contributed by atoms with Crippen LogP contribution >= 0.6 is 0 Å². The molecule has 27 heavy (non-hydrogen) atoms. The van der Waals surface area contributed by atoms with Crippen molar-refractivity contribution in [1.29, 1.82) is 0 Å². The van der Waals surface area contributed by atoms with Gasteiger partial charge in [-0.15, -0.1) is 0 Å². The summed E-state index contributed by atoms with van der Waals surface area (Å²) in [6.07, 6.45) is 1.38. The fourth-order valence-electron chi connectivity index (χ4n) is 3.04. The predicted molar refractivity (Wildman–Crippen MR) is 92.5 cm³/mol. The van der Waals surface area contributed by atoms with Crippen LogP contribution in [0.4, 0.5) is 24.8 Å². The number of rotatable bonds is 4. The molecule has 1 unspecified atom stereocenters. The lowest BCUT2D eigenvalue weighted by atomic mass is 9.97. The monoisotopic (exact) mass is 404 g/mol. The highest BCUT2D eigenvalue weighted by atomic mass is 32.2. The summed E-state index contributed by atoms with van der Waals surface area (Å²) in [6, 6.07) is 5.18. The van der Waals surface area contributed by atoms with Crippen molar-refractivity contribution in [1.82, 2.24) is 10.1 Å². The van der Waals surface area contributed by atoms with Crippen molar-refractivity contribution in [2.45, 2.75) is 29.2 Å². The summed E-state index contributed by atoms with van der Waals surface area (Å²) in [5.74, 6) is 0.600. The van der Waals surface area contributed by atoms with E-state index in [1.54, 1.807) is 23.9 Å². The zero-order valence-electron chi connectivity index (χ0n) is 14.8. The van der Waals surface area contributed by atoms with Crippen molar-refractivity contribution in [3.05, 3.63) is 30.2 Å². The van der Waals surface area contributed by atoms with Crippen LogP contribution < -0.4 is 9.80 Å². The van der Waals surface area contributed by atoms with Crippen LogP contribution in [0, 0.1) is 0 Å². The van der Waals surface area contributed by atoms with Gasteiger partial charge in [-0.2, -0.15) is 18.2 Å². The van der Waals surface area contributed by atoms with Gasteiger partial charge in [0.25, 0.3) is 15.8 Å². The van der Waals surface area contributed by atoms with Crippen LogP contribution in [0.3, 0.4) is 0 Å². The zero-order valence-corrected chi connectivity index (χ0v) is 15.6. The Labute approximate surface area is 154 Å². The number of halogens is 3. The van der Waals surface area contributed by atoms with Gasteiger partial charge in [0.2, 0.25) is 5.89 Å². The maximum atomic E-state index is 13.0. The summed E-state index contributed by atoms with van der Waals surface area (Å²) < 4.78 is 68.3. The predicted octanol–water partition coefficient (Wildman–Crippen LogP) is 2.81. The summed E-state index contributed by atoms with van der Waals surface area (Å²) in [7, 11) is -1.92. The molecular weight excluding hydrogens is 385 g/mol. The second-order valence-electron chi connectivity index (χ2n) is 6.53. The maximum absolute atomic E-state index is 13.0. The molecule has 1 aromatic heterocycles. The summed E-state index contributed by atoms with van der Waals surface area (Å²) in [5, 5.41) is 3.85. The van der Waals surface area contributed by atoms with E-state index in [1.807, 2.05) is 0 Å². The third-order valence-electron chi connectivity index (χ3n) is 4.40. The number of benzene rings is 1. The molecule has 1 atom stereocenters. The number of anilines is 2. The van der Waals surface area contributed by atoms with E-state index in [0.29, 0.717) is 31.3 Å². The molecule has 1 aliphatic rings. The largest absolute Gasteiger partial charge is 0.501 e. The third-order valence-corrected chi connectivity index (χ3v) is 5.94. The average molecular weight is 404 g/mol. The summed E-state index contributed by atoms with van der Waals surface area (Å²) in [4.78, 5) is 6.87. The Bertz CT molecular complexity index is 912. The zero-order chi connectivity index (χ0) is 19.8.